The molecule has 0 atom stereocenters. The molecule has 84 valence electrons. The number of para-hydroxylation sites is 2. The van der Waals surface area contributed by atoms with Gasteiger partial charge in [0.2, 0.25) is 0 Å². The van der Waals surface area contributed by atoms with E-state index in [-0.39, 0.29) is 12.6 Å². The zero-order valence-electron chi connectivity index (χ0n) is 8.11. The second kappa shape index (κ2) is 4.97. The number of nitrogens with zero attached hydrogens (tertiary/aromatic N) is 1. The molecule has 0 aliphatic rings. The highest BCUT2D eigenvalue weighted by atomic mass is 79.9. The number of nitrogens with one attached hydrogen (secondary N) is 1. The molecular formula is C10H8Br2N2O2. The molecule has 0 aliphatic heterocycles. The summed E-state index contributed by atoms with van der Waals surface area (Å²) in [6.45, 7) is 0.140. The molecule has 0 aliphatic carbocycles. The molecular weight excluding hydrogens is 340 g/mol. The van der Waals surface area contributed by atoms with Crippen LogP contribution in [0.2, 0.25) is 0 Å². The number of carbonyl (C=O) groups is 1. The van der Waals surface area contributed by atoms with Gasteiger partial charge in [0.25, 0.3) is 0 Å². The van der Waals surface area contributed by atoms with Crippen LogP contribution in [0.5, 0.6) is 0 Å². The van der Waals surface area contributed by atoms with Crippen LogP contribution in [0.25, 0.3) is 11.0 Å². The first-order valence-electron chi connectivity index (χ1n) is 4.55. The highest BCUT2D eigenvalue weighted by molar-refractivity contribution is 9.25. The average Bonchev–Trinajstić information content (AvgIpc) is 2.68. The molecule has 1 heterocycles. The lowest BCUT2D eigenvalue weighted by atomic mass is 10.3. The maximum absolute atomic E-state index is 11.2. The van der Waals surface area contributed by atoms with E-state index in [0.717, 1.165) is 11.0 Å². The number of esters is 1. The molecule has 0 radical (unpaired) electrons. The van der Waals surface area contributed by atoms with Gasteiger partial charge in [0.15, 0.2) is 3.74 Å². The highest BCUT2D eigenvalue weighted by Crippen LogP contribution is 2.13. The van der Waals surface area contributed by atoms with Crippen molar-refractivity contribution >= 4 is 48.9 Å². The van der Waals surface area contributed by atoms with Crippen LogP contribution in [0, 0.1) is 0 Å². The van der Waals surface area contributed by atoms with Gasteiger partial charge < -0.3 is 9.72 Å². The Morgan fingerprint density at radius 3 is 2.88 bits per heavy atom. The van der Waals surface area contributed by atoms with E-state index in [1.165, 1.54) is 0 Å². The quantitative estimate of drug-likeness (QED) is 0.686. The van der Waals surface area contributed by atoms with Crippen molar-refractivity contribution in [2.75, 3.05) is 0 Å². The third kappa shape index (κ3) is 2.62. The maximum Gasteiger partial charge on any atom is 0.331 e. The van der Waals surface area contributed by atoms with Crippen molar-refractivity contribution in [3.63, 3.8) is 0 Å². The lowest BCUT2D eigenvalue weighted by Gasteiger charge is -2.02. The van der Waals surface area contributed by atoms with Crippen molar-refractivity contribution in [2.45, 2.75) is 10.3 Å². The first-order valence-corrected chi connectivity index (χ1v) is 6.38. The summed E-state index contributed by atoms with van der Waals surface area (Å²) >= 11 is 6.12. The van der Waals surface area contributed by atoms with Gasteiger partial charge in [0, 0.05) is 0 Å². The number of fused-ring (bicyclic) bond motifs is 1. The average molecular weight is 348 g/mol. The predicted molar refractivity (Wildman–Crippen MR) is 67.5 cm³/mol. The van der Waals surface area contributed by atoms with Crippen LogP contribution < -0.4 is 0 Å². The number of rotatable bonds is 3. The van der Waals surface area contributed by atoms with Gasteiger partial charge in [-0.05, 0) is 12.1 Å². The Bertz CT molecular complexity index is 477. The van der Waals surface area contributed by atoms with Gasteiger partial charge in [-0.1, -0.05) is 44.0 Å². The number of hydrogen-bond acceptors (Lipinski definition) is 3. The standard InChI is InChI=1S/C10H8Br2N2O2/c11-9(12)10(15)16-5-8-13-6-3-1-2-4-7(6)14-8/h1-4,9H,5H2,(H,13,14). The van der Waals surface area contributed by atoms with Crippen LogP contribution in [0.1, 0.15) is 5.82 Å². The number of carbonyl (C=O) groups excluding carboxylic acids is 1. The molecule has 0 amide bonds. The monoisotopic (exact) mass is 346 g/mol. The van der Waals surface area contributed by atoms with Crippen LogP contribution in [0.15, 0.2) is 24.3 Å². The topological polar surface area (TPSA) is 55.0 Å². The van der Waals surface area contributed by atoms with E-state index in [1.807, 2.05) is 24.3 Å². The van der Waals surface area contributed by atoms with E-state index in [2.05, 4.69) is 41.8 Å². The predicted octanol–water partition coefficient (Wildman–Crippen LogP) is 2.72. The number of H-pyrrole nitrogens is 1. The van der Waals surface area contributed by atoms with Crippen LogP contribution in [0.3, 0.4) is 0 Å². The van der Waals surface area contributed by atoms with Crippen molar-refractivity contribution in [2.24, 2.45) is 0 Å². The van der Waals surface area contributed by atoms with Crippen LogP contribution >= 0.6 is 31.9 Å². The summed E-state index contributed by atoms with van der Waals surface area (Å²) in [5.74, 6) is 0.260. The molecule has 0 bridgehead atoms. The number of benzene rings is 1. The molecule has 0 spiro atoms. The minimum atomic E-state index is -0.482. The Labute approximate surface area is 109 Å². The first-order chi connectivity index (χ1) is 7.66. The summed E-state index contributed by atoms with van der Waals surface area (Å²) in [6, 6.07) is 7.65. The van der Waals surface area contributed by atoms with Gasteiger partial charge in [-0.15, -0.1) is 0 Å². The van der Waals surface area contributed by atoms with E-state index in [1.54, 1.807) is 0 Å². The summed E-state index contributed by atoms with van der Waals surface area (Å²) in [5.41, 5.74) is 1.80. The molecule has 1 aromatic heterocycles. The molecule has 16 heavy (non-hydrogen) atoms. The molecule has 0 unspecified atom stereocenters. The van der Waals surface area contributed by atoms with E-state index in [9.17, 15) is 4.79 Å². The minimum absolute atomic E-state index is 0.140. The van der Waals surface area contributed by atoms with Crippen molar-refractivity contribution in [3.05, 3.63) is 30.1 Å². The van der Waals surface area contributed by atoms with E-state index < -0.39 is 3.74 Å². The number of alkyl halides is 2. The lowest BCUT2D eigenvalue weighted by molar-refractivity contribution is -0.142. The molecule has 1 N–H and O–H groups in total. The zero-order chi connectivity index (χ0) is 11.5. The number of ether oxygens (including phenoxy) is 1. The van der Waals surface area contributed by atoms with Crippen molar-refractivity contribution in [3.8, 4) is 0 Å². The number of imidazole rings is 1. The fourth-order valence-electron chi connectivity index (χ4n) is 1.28. The summed E-state index contributed by atoms with van der Waals surface area (Å²) in [5, 5.41) is 0. The number of hydrogen-bond donors (Lipinski definition) is 1. The van der Waals surface area contributed by atoms with Gasteiger partial charge in [-0.25, -0.2) is 9.78 Å². The van der Waals surface area contributed by atoms with Gasteiger partial charge in [-0.3, -0.25) is 0 Å². The molecule has 0 saturated heterocycles. The third-order valence-electron chi connectivity index (χ3n) is 1.97. The van der Waals surface area contributed by atoms with E-state index >= 15 is 0 Å². The lowest BCUT2D eigenvalue weighted by Crippen LogP contribution is -2.11. The van der Waals surface area contributed by atoms with Crippen LogP contribution in [-0.2, 0) is 16.1 Å². The first kappa shape index (κ1) is 11.6. The van der Waals surface area contributed by atoms with Crippen LogP contribution in [-0.4, -0.2) is 19.7 Å². The molecule has 2 aromatic rings. The van der Waals surface area contributed by atoms with Gasteiger partial charge in [0.1, 0.15) is 12.4 Å². The fourth-order valence-corrected chi connectivity index (χ4v) is 1.54. The second-order valence-corrected chi connectivity index (χ2v) is 6.17. The maximum atomic E-state index is 11.2. The Hall–Kier alpha value is -0.880. The number of aromatic nitrogens is 2. The molecule has 2 rings (SSSR count). The Morgan fingerprint density at radius 2 is 2.19 bits per heavy atom. The molecule has 1 aromatic carbocycles. The highest BCUT2D eigenvalue weighted by Gasteiger charge is 2.12. The van der Waals surface area contributed by atoms with Crippen LogP contribution in [0.4, 0.5) is 0 Å². The molecule has 0 saturated carbocycles. The minimum Gasteiger partial charge on any atom is -0.456 e. The van der Waals surface area contributed by atoms with Gasteiger partial charge in [0.05, 0.1) is 11.0 Å². The largest absolute Gasteiger partial charge is 0.456 e. The molecule has 0 fully saturated rings. The Balaban J connectivity index is 2.07. The third-order valence-corrected chi connectivity index (χ3v) is 2.72. The second-order valence-electron chi connectivity index (χ2n) is 3.11. The summed E-state index contributed by atoms with van der Waals surface area (Å²) in [6.07, 6.45) is 0. The smallest absolute Gasteiger partial charge is 0.331 e. The molecule has 6 heteroatoms. The summed E-state index contributed by atoms with van der Waals surface area (Å²) in [7, 11) is 0. The van der Waals surface area contributed by atoms with Crippen molar-refractivity contribution < 1.29 is 9.53 Å². The van der Waals surface area contributed by atoms with Gasteiger partial charge >= 0.3 is 5.97 Å². The van der Waals surface area contributed by atoms with Gasteiger partial charge in [-0.2, -0.15) is 0 Å². The summed E-state index contributed by atoms with van der Waals surface area (Å²) in [4.78, 5) is 18.5. The Kier molecular flexibility index (Phi) is 3.60. The van der Waals surface area contributed by atoms with E-state index in [0.29, 0.717) is 5.82 Å². The number of aromatic amines is 1. The van der Waals surface area contributed by atoms with Crippen molar-refractivity contribution in [1.82, 2.24) is 9.97 Å². The zero-order valence-corrected chi connectivity index (χ0v) is 11.3. The summed E-state index contributed by atoms with van der Waals surface area (Å²) < 4.78 is 4.51. The number of halogens is 2. The fraction of sp³-hybridized carbons (Fsp3) is 0.200. The van der Waals surface area contributed by atoms with E-state index in [4.69, 9.17) is 4.74 Å². The Morgan fingerprint density at radius 1 is 1.44 bits per heavy atom. The SMILES string of the molecule is O=C(OCc1nc2ccccc2[nH]1)C(Br)Br. The molecule has 4 nitrogen and oxygen atoms in total. The normalized spacial score (nSPS) is 10.9. The van der Waals surface area contributed by atoms with Crippen molar-refractivity contribution in [1.29, 1.82) is 0 Å².